The summed E-state index contributed by atoms with van der Waals surface area (Å²) >= 11 is 0. The Kier molecular flexibility index (Phi) is 2.76. The SMILES string of the molecule is COc1cc(C(=O)O)cc2[nH]c3cc(=O)c(=O)cc-3oc12. The van der Waals surface area contributed by atoms with Gasteiger partial charge >= 0.3 is 5.97 Å². The average Bonchev–Trinajstić information content (AvgIpc) is 2.45. The summed E-state index contributed by atoms with van der Waals surface area (Å²) in [6.07, 6.45) is 0. The van der Waals surface area contributed by atoms with E-state index >= 15 is 0 Å². The van der Waals surface area contributed by atoms with Crippen LogP contribution in [0.2, 0.25) is 0 Å². The summed E-state index contributed by atoms with van der Waals surface area (Å²) in [7, 11) is 1.37. The van der Waals surface area contributed by atoms with Crippen molar-refractivity contribution in [3.8, 4) is 17.2 Å². The molecule has 0 radical (unpaired) electrons. The van der Waals surface area contributed by atoms with Crippen LogP contribution in [-0.4, -0.2) is 23.2 Å². The van der Waals surface area contributed by atoms with Crippen molar-refractivity contribution in [1.29, 1.82) is 0 Å². The monoisotopic (exact) mass is 287 g/mol. The van der Waals surface area contributed by atoms with Crippen molar-refractivity contribution in [2.24, 2.45) is 0 Å². The molecular formula is C14H9NO6. The number of H-pyrrole nitrogens is 1. The van der Waals surface area contributed by atoms with E-state index in [4.69, 9.17) is 14.3 Å². The van der Waals surface area contributed by atoms with Gasteiger partial charge in [0.15, 0.2) is 17.1 Å². The Morgan fingerprint density at radius 1 is 1.19 bits per heavy atom. The normalized spacial score (nSPS) is 10.9. The molecule has 0 spiro atoms. The number of aromatic nitrogens is 1. The van der Waals surface area contributed by atoms with E-state index < -0.39 is 16.8 Å². The molecule has 0 unspecified atom stereocenters. The van der Waals surface area contributed by atoms with Crippen molar-refractivity contribution in [2.45, 2.75) is 0 Å². The van der Waals surface area contributed by atoms with Crippen LogP contribution in [-0.2, 0) is 0 Å². The van der Waals surface area contributed by atoms with Crippen molar-refractivity contribution >= 4 is 17.1 Å². The zero-order valence-corrected chi connectivity index (χ0v) is 10.8. The van der Waals surface area contributed by atoms with Gasteiger partial charge in [0.05, 0.1) is 23.9 Å². The van der Waals surface area contributed by atoms with Gasteiger partial charge in [-0.1, -0.05) is 0 Å². The first-order valence-electron chi connectivity index (χ1n) is 5.92. The summed E-state index contributed by atoms with van der Waals surface area (Å²) in [6, 6.07) is 4.87. The van der Waals surface area contributed by atoms with E-state index in [0.29, 0.717) is 11.2 Å². The zero-order valence-electron chi connectivity index (χ0n) is 10.8. The molecule has 0 saturated carbocycles. The average molecular weight is 287 g/mol. The summed E-state index contributed by atoms with van der Waals surface area (Å²) in [4.78, 5) is 36.7. The Hall–Kier alpha value is -3.09. The van der Waals surface area contributed by atoms with E-state index in [1.807, 2.05) is 0 Å². The molecule has 106 valence electrons. The third-order valence-corrected chi connectivity index (χ3v) is 3.05. The Bertz CT molecular complexity index is 952. The maximum atomic E-state index is 11.4. The Balaban J connectivity index is 2.46. The van der Waals surface area contributed by atoms with Crippen LogP contribution in [0, 0.1) is 0 Å². The molecule has 7 nitrogen and oxygen atoms in total. The number of benzene rings is 2. The second-order valence-corrected chi connectivity index (χ2v) is 4.38. The number of rotatable bonds is 2. The standard InChI is InChI=1S/C14H9NO6/c1-20-12-3-6(14(18)19)2-8-13(12)21-11-5-10(17)9(16)4-7(11)15-8/h2-5,15H,1H3,(H,18,19). The van der Waals surface area contributed by atoms with Gasteiger partial charge in [0.25, 0.3) is 0 Å². The van der Waals surface area contributed by atoms with Crippen molar-refractivity contribution in [1.82, 2.24) is 4.98 Å². The molecular weight excluding hydrogens is 278 g/mol. The van der Waals surface area contributed by atoms with Crippen LogP contribution in [0.25, 0.3) is 22.6 Å². The van der Waals surface area contributed by atoms with Crippen molar-refractivity contribution < 1.29 is 19.1 Å². The molecule has 1 aromatic carbocycles. The molecule has 1 aliphatic heterocycles. The number of aromatic amines is 1. The number of carbonyl (C=O) groups is 1. The quantitative estimate of drug-likeness (QED) is 0.543. The highest BCUT2D eigenvalue weighted by Gasteiger charge is 2.16. The van der Waals surface area contributed by atoms with E-state index in [1.54, 1.807) is 0 Å². The molecule has 0 saturated heterocycles. The van der Waals surface area contributed by atoms with E-state index in [9.17, 15) is 14.4 Å². The summed E-state index contributed by atoms with van der Waals surface area (Å²) in [5.41, 5.74) is -0.440. The van der Waals surface area contributed by atoms with Crippen molar-refractivity contribution in [3.63, 3.8) is 0 Å². The van der Waals surface area contributed by atoms with Crippen LogP contribution in [0.3, 0.4) is 0 Å². The fourth-order valence-electron chi connectivity index (χ4n) is 2.05. The first kappa shape index (κ1) is 12.9. The predicted octanol–water partition coefficient (Wildman–Crippen LogP) is 1.29. The fourth-order valence-corrected chi connectivity index (χ4v) is 2.05. The second-order valence-electron chi connectivity index (χ2n) is 4.38. The van der Waals surface area contributed by atoms with Gasteiger partial charge in [-0.3, -0.25) is 9.59 Å². The lowest BCUT2D eigenvalue weighted by molar-refractivity contribution is 0.0696. The molecule has 0 amide bonds. The summed E-state index contributed by atoms with van der Waals surface area (Å²) < 4.78 is 10.7. The van der Waals surface area contributed by atoms with Crippen molar-refractivity contribution in [2.75, 3.05) is 7.11 Å². The summed E-state index contributed by atoms with van der Waals surface area (Å²) in [5.74, 6) is -0.724. The highest BCUT2D eigenvalue weighted by atomic mass is 16.5. The number of hydrogen-bond donors (Lipinski definition) is 2. The van der Waals surface area contributed by atoms with Crippen molar-refractivity contribution in [3.05, 3.63) is 50.3 Å². The van der Waals surface area contributed by atoms with Gasteiger partial charge in [-0.05, 0) is 12.1 Å². The second kappa shape index (κ2) is 4.48. The molecule has 2 aliphatic rings. The number of carboxylic acid groups (broad SMARTS) is 1. The number of methoxy groups -OCH3 is 1. The van der Waals surface area contributed by atoms with E-state index in [1.165, 1.54) is 19.2 Å². The molecule has 0 bridgehead atoms. The zero-order chi connectivity index (χ0) is 15.1. The number of nitrogens with one attached hydrogen (secondary N) is 1. The highest BCUT2D eigenvalue weighted by Crippen LogP contribution is 2.31. The summed E-state index contributed by atoms with van der Waals surface area (Å²) in [5, 5.41) is 9.07. The molecule has 0 atom stereocenters. The third kappa shape index (κ3) is 2.04. The number of ether oxygens (including phenoxy) is 1. The molecule has 2 N–H and O–H groups in total. The van der Waals surface area contributed by atoms with E-state index in [0.717, 1.165) is 12.1 Å². The fraction of sp³-hybridized carbons (Fsp3) is 0.0714. The number of fused-ring (bicyclic) bond motifs is 2. The van der Waals surface area contributed by atoms with Crippen LogP contribution in [0.5, 0.6) is 5.75 Å². The smallest absolute Gasteiger partial charge is 0.335 e. The van der Waals surface area contributed by atoms with Gasteiger partial charge in [0, 0.05) is 12.1 Å². The summed E-state index contributed by atoms with van der Waals surface area (Å²) in [6.45, 7) is 0. The number of aromatic carboxylic acids is 1. The molecule has 3 rings (SSSR count). The Morgan fingerprint density at radius 2 is 1.90 bits per heavy atom. The number of hydrogen-bond acceptors (Lipinski definition) is 5. The molecule has 1 aromatic rings. The lowest BCUT2D eigenvalue weighted by atomic mass is 10.1. The molecule has 1 aliphatic carbocycles. The molecule has 0 aromatic heterocycles. The van der Waals surface area contributed by atoms with Crippen LogP contribution >= 0.6 is 0 Å². The van der Waals surface area contributed by atoms with Gasteiger partial charge in [-0.25, -0.2) is 4.79 Å². The van der Waals surface area contributed by atoms with Crippen LogP contribution in [0.15, 0.2) is 38.3 Å². The van der Waals surface area contributed by atoms with Gasteiger partial charge in [0.1, 0.15) is 0 Å². The lowest BCUT2D eigenvalue weighted by Gasteiger charge is -2.10. The van der Waals surface area contributed by atoms with Gasteiger partial charge < -0.3 is 19.2 Å². The largest absolute Gasteiger partial charge is 0.493 e. The van der Waals surface area contributed by atoms with E-state index in [-0.39, 0.29) is 22.7 Å². The third-order valence-electron chi connectivity index (χ3n) is 3.05. The van der Waals surface area contributed by atoms with Crippen LogP contribution < -0.4 is 15.6 Å². The minimum absolute atomic E-state index is 0.00735. The Morgan fingerprint density at radius 3 is 2.57 bits per heavy atom. The van der Waals surface area contributed by atoms with Crippen LogP contribution in [0.1, 0.15) is 10.4 Å². The topological polar surface area (TPSA) is 110 Å². The molecule has 7 heteroatoms. The minimum atomic E-state index is -1.12. The van der Waals surface area contributed by atoms with Gasteiger partial charge in [-0.15, -0.1) is 0 Å². The number of carboxylic acids is 1. The molecule has 21 heavy (non-hydrogen) atoms. The molecule has 0 fully saturated rings. The van der Waals surface area contributed by atoms with Crippen LogP contribution in [0.4, 0.5) is 0 Å². The molecule has 1 heterocycles. The maximum Gasteiger partial charge on any atom is 0.335 e. The Labute approximate surface area is 116 Å². The van der Waals surface area contributed by atoms with E-state index in [2.05, 4.69) is 4.98 Å². The predicted molar refractivity (Wildman–Crippen MR) is 73.2 cm³/mol. The first-order valence-corrected chi connectivity index (χ1v) is 5.92. The highest BCUT2D eigenvalue weighted by molar-refractivity contribution is 5.94. The van der Waals surface area contributed by atoms with Gasteiger partial charge in [-0.2, -0.15) is 0 Å². The maximum absolute atomic E-state index is 11.4. The minimum Gasteiger partial charge on any atom is -0.493 e. The van der Waals surface area contributed by atoms with Gasteiger partial charge in [0.2, 0.25) is 10.9 Å². The lowest BCUT2D eigenvalue weighted by Crippen LogP contribution is -2.22. The first-order chi connectivity index (χ1) is 9.99.